The van der Waals surface area contributed by atoms with E-state index >= 15 is 0 Å². The highest BCUT2D eigenvalue weighted by Gasteiger charge is 2.55. The van der Waals surface area contributed by atoms with Gasteiger partial charge in [0.2, 0.25) is 0 Å². The highest BCUT2D eigenvalue weighted by Crippen LogP contribution is 2.35. The largest absolute Gasteiger partial charge is 0.271 e. The maximum atomic E-state index is 13.0. The highest BCUT2D eigenvalue weighted by atomic mass is 16.2. The number of amides is 2. The number of imide groups is 1. The second kappa shape index (κ2) is 6.05. The number of hydrogen-bond donors (Lipinski definition) is 0. The van der Waals surface area contributed by atoms with Crippen LogP contribution in [0.3, 0.4) is 0 Å². The highest BCUT2D eigenvalue weighted by molar-refractivity contribution is 6.26. The predicted octanol–water partition coefficient (Wildman–Crippen LogP) is 3.36. The Morgan fingerprint density at radius 1 is 0.923 bits per heavy atom. The summed E-state index contributed by atoms with van der Waals surface area (Å²) < 4.78 is 0. The Balaban J connectivity index is 1.68. The van der Waals surface area contributed by atoms with Gasteiger partial charge in [-0.1, -0.05) is 30.3 Å². The summed E-state index contributed by atoms with van der Waals surface area (Å²) in [5.74, 6) is -0.603. The van der Waals surface area contributed by atoms with Gasteiger partial charge < -0.3 is 0 Å². The molecule has 132 valence electrons. The van der Waals surface area contributed by atoms with Crippen molar-refractivity contribution in [3.05, 3.63) is 59.2 Å². The predicted molar refractivity (Wildman–Crippen MR) is 99.1 cm³/mol. The molecule has 0 radical (unpaired) electrons. The van der Waals surface area contributed by atoms with E-state index in [-0.39, 0.29) is 11.8 Å². The van der Waals surface area contributed by atoms with Crippen molar-refractivity contribution in [3.8, 4) is 0 Å². The molecule has 0 N–H and O–H groups in total. The number of hydrogen-bond acceptors (Lipinski definition) is 5. The van der Waals surface area contributed by atoms with Crippen LogP contribution in [0.1, 0.15) is 23.6 Å². The lowest BCUT2D eigenvalue weighted by atomic mass is 10.1. The van der Waals surface area contributed by atoms with Crippen molar-refractivity contribution >= 4 is 23.2 Å². The van der Waals surface area contributed by atoms with Gasteiger partial charge in [0.15, 0.2) is 12.1 Å². The van der Waals surface area contributed by atoms with E-state index in [4.69, 9.17) is 0 Å². The molecule has 2 aromatic rings. The van der Waals surface area contributed by atoms with Crippen LogP contribution in [0.2, 0.25) is 0 Å². The Bertz CT molecular complexity index is 900. The van der Waals surface area contributed by atoms with Crippen molar-refractivity contribution in [2.24, 2.45) is 10.3 Å². The minimum atomic E-state index is -0.783. The minimum absolute atomic E-state index is 0.284. The van der Waals surface area contributed by atoms with Crippen molar-refractivity contribution in [2.45, 2.75) is 39.3 Å². The van der Waals surface area contributed by atoms with Crippen molar-refractivity contribution < 1.29 is 9.59 Å². The van der Waals surface area contributed by atoms with Crippen LogP contribution in [0, 0.1) is 13.8 Å². The topological polar surface area (TPSA) is 65.3 Å². The van der Waals surface area contributed by atoms with Crippen LogP contribution in [0.15, 0.2) is 52.8 Å². The standard InChI is InChI=1S/C20H20N4O2/c1-4-14-5-7-15(8-6-14)23-19(25)17-18(20(23)26)24(22-21-17)16-10-12(2)9-13(3)11-16/h5-11,17-18H,4H2,1-3H3/t17-,18+/m1/s1. The minimum Gasteiger partial charge on any atom is -0.271 e. The summed E-state index contributed by atoms with van der Waals surface area (Å²) in [6, 6.07) is 12.0. The molecule has 26 heavy (non-hydrogen) atoms. The van der Waals surface area contributed by atoms with Crippen molar-refractivity contribution in [1.82, 2.24) is 0 Å². The smallest absolute Gasteiger partial charge is 0.263 e. The molecule has 0 aromatic heterocycles. The second-order valence-electron chi connectivity index (χ2n) is 6.82. The Hall–Kier alpha value is -3.02. The van der Waals surface area contributed by atoms with Crippen LogP contribution < -0.4 is 9.91 Å². The van der Waals surface area contributed by atoms with Gasteiger partial charge in [0.25, 0.3) is 11.8 Å². The van der Waals surface area contributed by atoms with Gasteiger partial charge in [-0.3, -0.25) is 9.59 Å². The molecule has 2 heterocycles. The van der Waals surface area contributed by atoms with E-state index in [1.54, 1.807) is 5.01 Å². The number of rotatable bonds is 3. The van der Waals surface area contributed by atoms with Crippen molar-refractivity contribution in [1.29, 1.82) is 0 Å². The monoisotopic (exact) mass is 348 g/mol. The molecule has 0 aliphatic carbocycles. The van der Waals surface area contributed by atoms with Crippen LogP contribution in [0.4, 0.5) is 11.4 Å². The molecule has 0 saturated carbocycles. The number of aryl methyl sites for hydroxylation is 3. The quantitative estimate of drug-likeness (QED) is 0.799. The molecule has 1 fully saturated rings. The number of benzene rings is 2. The van der Waals surface area contributed by atoms with Crippen LogP contribution >= 0.6 is 0 Å². The second-order valence-corrected chi connectivity index (χ2v) is 6.82. The first-order chi connectivity index (χ1) is 12.5. The SMILES string of the molecule is CCc1ccc(N2C(=O)[C@@H]3[C@@H](N=NN3c3cc(C)cc(C)c3)C2=O)cc1. The zero-order chi connectivity index (χ0) is 18.4. The van der Waals surface area contributed by atoms with Gasteiger partial charge in [-0.25, -0.2) is 9.91 Å². The summed E-state index contributed by atoms with van der Waals surface area (Å²) in [5, 5.41) is 9.79. The Morgan fingerprint density at radius 3 is 2.19 bits per heavy atom. The van der Waals surface area contributed by atoms with Gasteiger partial charge in [0.05, 0.1) is 11.4 Å². The molecular weight excluding hydrogens is 328 g/mol. The molecular formula is C20H20N4O2. The average Bonchev–Trinajstić information content (AvgIpc) is 3.15. The number of nitrogens with zero attached hydrogens (tertiary/aromatic N) is 4. The van der Waals surface area contributed by atoms with Crippen LogP contribution in [0.5, 0.6) is 0 Å². The van der Waals surface area contributed by atoms with Crippen molar-refractivity contribution in [3.63, 3.8) is 0 Å². The van der Waals surface area contributed by atoms with Gasteiger partial charge in [0, 0.05) is 0 Å². The van der Waals surface area contributed by atoms with Gasteiger partial charge in [-0.15, -0.1) is 0 Å². The number of fused-ring (bicyclic) bond motifs is 1. The fraction of sp³-hybridized carbons (Fsp3) is 0.300. The van der Waals surface area contributed by atoms with E-state index in [9.17, 15) is 9.59 Å². The molecule has 0 spiro atoms. The Morgan fingerprint density at radius 2 is 1.58 bits per heavy atom. The first-order valence-corrected chi connectivity index (χ1v) is 8.74. The summed E-state index contributed by atoms with van der Waals surface area (Å²) in [6.07, 6.45) is 0.905. The molecule has 6 nitrogen and oxygen atoms in total. The van der Waals surface area contributed by atoms with E-state index in [0.29, 0.717) is 5.69 Å². The van der Waals surface area contributed by atoms with E-state index in [2.05, 4.69) is 23.3 Å². The van der Waals surface area contributed by atoms with E-state index in [1.807, 2.05) is 50.2 Å². The van der Waals surface area contributed by atoms with Crippen LogP contribution in [0.25, 0.3) is 0 Å². The summed E-state index contributed by atoms with van der Waals surface area (Å²) in [5.41, 5.74) is 4.67. The van der Waals surface area contributed by atoms with Gasteiger partial charge >= 0.3 is 0 Å². The van der Waals surface area contributed by atoms with E-state index in [1.165, 1.54) is 4.90 Å². The third-order valence-corrected chi connectivity index (χ3v) is 4.86. The van der Waals surface area contributed by atoms with Gasteiger partial charge in [-0.2, -0.15) is 5.11 Å². The summed E-state index contributed by atoms with van der Waals surface area (Å²) in [7, 11) is 0. The Labute approximate surface area is 152 Å². The lowest BCUT2D eigenvalue weighted by Crippen LogP contribution is -2.40. The first kappa shape index (κ1) is 16.4. The number of anilines is 2. The van der Waals surface area contributed by atoms with Crippen LogP contribution in [-0.4, -0.2) is 23.9 Å². The van der Waals surface area contributed by atoms with Gasteiger partial charge in [0.1, 0.15) is 0 Å². The lowest BCUT2D eigenvalue weighted by Gasteiger charge is -2.21. The maximum Gasteiger partial charge on any atom is 0.263 e. The Kier molecular flexibility index (Phi) is 3.83. The third-order valence-electron chi connectivity index (χ3n) is 4.86. The average molecular weight is 348 g/mol. The molecule has 2 aliphatic heterocycles. The summed E-state index contributed by atoms with van der Waals surface area (Å²) in [6.45, 7) is 6.04. The molecule has 0 bridgehead atoms. The third kappa shape index (κ3) is 2.49. The molecule has 2 atom stereocenters. The molecule has 2 aromatic carbocycles. The van der Waals surface area contributed by atoms with E-state index in [0.717, 1.165) is 28.8 Å². The number of carbonyl (C=O) groups is 2. The van der Waals surface area contributed by atoms with Gasteiger partial charge in [-0.05, 0) is 61.2 Å². The molecule has 6 heteroatoms. The molecule has 2 aliphatic rings. The van der Waals surface area contributed by atoms with Crippen molar-refractivity contribution in [2.75, 3.05) is 9.91 Å². The summed E-state index contributed by atoms with van der Waals surface area (Å²) in [4.78, 5) is 27.1. The fourth-order valence-corrected chi connectivity index (χ4v) is 3.59. The first-order valence-electron chi connectivity index (χ1n) is 8.74. The summed E-state index contributed by atoms with van der Waals surface area (Å²) >= 11 is 0. The lowest BCUT2D eigenvalue weighted by molar-refractivity contribution is -0.121. The zero-order valence-electron chi connectivity index (χ0n) is 15.0. The van der Waals surface area contributed by atoms with E-state index < -0.39 is 12.1 Å². The molecule has 0 unspecified atom stereocenters. The molecule has 2 amide bonds. The van der Waals surface area contributed by atoms with Crippen LogP contribution in [-0.2, 0) is 16.0 Å². The fourth-order valence-electron chi connectivity index (χ4n) is 3.59. The number of carbonyl (C=O) groups excluding carboxylic acids is 2. The normalized spacial score (nSPS) is 21.7. The maximum absolute atomic E-state index is 13.0. The molecule has 1 saturated heterocycles. The molecule has 4 rings (SSSR count). The zero-order valence-corrected chi connectivity index (χ0v) is 15.0.